The van der Waals surface area contributed by atoms with E-state index in [4.69, 9.17) is 4.74 Å². The number of halogens is 1. The summed E-state index contributed by atoms with van der Waals surface area (Å²) in [6.07, 6.45) is 2.85. The van der Waals surface area contributed by atoms with Crippen LogP contribution in [0.25, 0.3) is 0 Å². The van der Waals surface area contributed by atoms with Gasteiger partial charge in [0, 0.05) is 13.1 Å². The van der Waals surface area contributed by atoms with Crippen LogP contribution in [0.3, 0.4) is 0 Å². The number of nitrogens with zero attached hydrogens (tertiary/aromatic N) is 1. The Morgan fingerprint density at radius 2 is 2.28 bits per heavy atom. The molecule has 0 N–H and O–H groups in total. The summed E-state index contributed by atoms with van der Waals surface area (Å²) in [5, 5.41) is 0. The van der Waals surface area contributed by atoms with Crippen LogP contribution < -0.4 is 4.74 Å². The Labute approximate surface area is 114 Å². The molecular formula is C13H14BrNO3. The lowest BCUT2D eigenvalue weighted by Gasteiger charge is -2.17. The van der Waals surface area contributed by atoms with Crippen molar-refractivity contribution in [2.75, 3.05) is 13.7 Å². The van der Waals surface area contributed by atoms with Gasteiger partial charge in [-0.15, -0.1) is 0 Å². The number of benzene rings is 1. The molecule has 1 aromatic carbocycles. The highest BCUT2D eigenvalue weighted by atomic mass is 79.9. The van der Waals surface area contributed by atoms with Crippen molar-refractivity contribution in [3.8, 4) is 5.75 Å². The van der Waals surface area contributed by atoms with Crippen molar-refractivity contribution in [1.29, 1.82) is 0 Å². The number of aldehydes is 1. The summed E-state index contributed by atoms with van der Waals surface area (Å²) < 4.78 is 6.13. The van der Waals surface area contributed by atoms with E-state index in [0.29, 0.717) is 21.8 Å². The second-order valence-electron chi connectivity index (χ2n) is 4.30. The molecule has 0 atom stereocenters. The van der Waals surface area contributed by atoms with Gasteiger partial charge in [-0.1, -0.05) is 6.07 Å². The third kappa shape index (κ3) is 2.90. The van der Waals surface area contributed by atoms with Gasteiger partial charge < -0.3 is 9.64 Å². The molecule has 0 saturated heterocycles. The van der Waals surface area contributed by atoms with E-state index in [1.165, 1.54) is 0 Å². The number of likely N-dealkylation sites (N-methyl/N-ethyl adjacent to an activating group) is 1. The number of hydrogen-bond acceptors (Lipinski definition) is 3. The summed E-state index contributed by atoms with van der Waals surface area (Å²) >= 11 is 3.31. The minimum atomic E-state index is -0.0647. The number of ether oxygens (including phenoxy) is 1. The lowest BCUT2D eigenvalue weighted by atomic mass is 10.2. The minimum Gasteiger partial charge on any atom is -0.482 e. The molecule has 1 aliphatic rings. The van der Waals surface area contributed by atoms with Gasteiger partial charge >= 0.3 is 0 Å². The fraction of sp³-hybridized carbons (Fsp3) is 0.385. The third-order valence-electron chi connectivity index (χ3n) is 2.95. The predicted octanol–water partition coefficient (Wildman–Crippen LogP) is 2.26. The van der Waals surface area contributed by atoms with Gasteiger partial charge in [0.2, 0.25) is 0 Å². The monoisotopic (exact) mass is 311 g/mol. The van der Waals surface area contributed by atoms with Crippen LogP contribution in [-0.4, -0.2) is 36.8 Å². The maximum absolute atomic E-state index is 11.8. The molecule has 0 spiro atoms. The molecule has 1 fully saturated rings. The number of carbonyl (C=O) groups is 2. The van der Waals surface area contributed by atoms with Crippen molar-refractivity contribution in [2.45, 2.75) is 18.9 Å². The van der Waals surface area contributed by atoms with E-state index < -0.39 is 0 Å². The number of rotatable bonds is 5. The molecule has 0 aliphatic heterocycles. The van der Waals surface area contributed by atoms with Gasteiger partial charge in [-0.05, 0) is 40.9 Å². The Hall–Kier alpha value is -1.36. The smallest absolute Gasteiger partial charge is 0.260 e. The molecule has 1 saturated carbocycles. The van der Waals surface area contributed by atoms with Crippen LogP contribution in [0.4, 0.5) is 0 Å². The molecule has 1 amide bonds. The summed E-state index contributed by atoms with van der Waals surface area (Å²) in [5.41, 5.74) is 0.436. The van der Waals surface area contributed by atoms with Crippen molar-refractivity contribution in [3.63, 3.8) is 0 Å². The normalized spacial score (nSPS) is 14.1. The molecule has 1 aliphatic carbocycles. The van der Waals surface area contributed by atoms with Crippen molar-refractivity contribution < 1.29 is 14.3 Å². The van der Waals surface area contributed by atoms with E-state index in [1.807, 2.05) is 0 Å². The van der Waals surface area contributed by atoms with E-state index in [-0.39, 0.29) is 12.5 Å². The first-order valence-corrected chi connectivity index (χ1v) is 6.55. The van der Waals surface area contributed by atoms with Crippen LogP contribution in [0.15, 0.2) is 22.7 Å². The van der Waals surface area contributed by atoms with Crippen molar-refractivity contribution in [1.82, 2.24) is 4.90 Å². The van der Waals surface area contributed by atoms with Crippen LogP contribution in [-0.2, 0) is 4.79 Å². The highest BCUT2D eigenvalue weighted by Gasteiger charge is 2.29. The van der Waals surface area contributed by atoms with Gasteiger partial charge in [-0.3, -0.25) is 9.59 Å². The minimum absolute atomic E-state index is 0.0452. The first-order valence-electron chi connectivity index (χ1n) is 5.75. The van der Waals surface area contributed by atoms with Gasteiger partial charge in [-0.25, -0.2) is 0 Å². The largest absolute Gasteiger partial charge is 0.482 e. The molecule has 1 aromatic rings. The standard InChI is InChI=1S/C13H14BrNO3/c1-15(10-5-6-10)12(17)8-18-13-9(7-16)3-2-4-11(13)14/h2-4,7,10H,5-6,8H2,1H3. The Bertz CT molecular complexity index is 471. The Kier molecular flexibility index (Phi) is 4.01. The zero-order valence-electron chi connectivity index (χ0n) is 10.1. The molecule has 5 heteroatoms. The van der Waals surface area contributed by atoms with Gasteiger partial charge in [0.05, 0.1) is 10.0 Å². The zero-order valence-corrected chi connectivity index (χ0v) is 11.6. The second kappa shape index (κ2) is 5.52. The molecule has 0 bridgehead atoms. The summed E-state index contributed by atoms with van der Waals surface area (Å²) in [4.78, 5) is 24.4. The SMILES string of the molecule is CN(C(=O)COc1c(Br)cccc1C=O)C1CC1. The summed E-state index contributed by atoms with van der Waals surface area (Å²) in [6.45, 7) is -0.0452. The van der Waals surface area contributed by atoms with E-state index in [0.717, 1.165) is 19.1 Å². The van der Waals surface area contributed by atoms with E-state index in [1.54, 1.807) is 30.1 Å². The third-order valence-corrected chi connectivity index (χ3v) is 3.58. The average Bonchev–Trinajstić information content (AvgIpc) is 3.20. The number of amides is 1. The molecule has 2 rings (SSSR count). The Morgan fingerprint density at radius 1 is 1.56 bits per heavy atom. The highest BCUT2D eigenvalue weighted by Crippen LogP contribution is 2.29. The molecule has 18 heavy (non-hydrogen) atoms. The fourth-order valence-electron chi connectivity index (χ4n) is 1.67. The molecule has 0 unspecified atom stereocenters. The molecular weight excluding hydrogens is 298 g/mol. The van der Waals surface area contributed by atoms with Crippen LogP contribution >= 0.6 is 15.9 Å². The van der Waals surface area contributed by atoms with Crippen LogP contribution in [0.1, 0.15) is 23.2 Å². The highest BCUT2D eigenvalue weighted by molar-refractivity contribution is 9.10. The fourth-order valence-corrected chi connectivity index (χ4v) is 2.17. The van der Waals surface area contributed by atoms with E-state index in [2.05, 4.69) is 15.9 Å². The average molecular weight is 312 g/mol. The van der Waals surface area contributed by atoms with Crippen LogP contribution in [0.2, 0.25) is 0 Å². The molecule has 0 radical (unpaired) electrons. The van der Waals surface area contributed by atoms with Gasteiger partial charge in [0.15, 0.2) is 12.9 Å². The lowest BCUT2D eigenvalue weighted by Crippen LogP contribution is -2.33. The predicted molar refractivity (Wildman–Crippen MR) is 70.8 cm³/mol. The van der Waals surface area contributed by atoms with Crippen LogP contribution in [0, 0.1) is 0 Å². The Morgan fingerprint density at radius 3 is 2.89 bits per heavy atom. The van der Waals surface area contributed by atoms with Crippen molar-refractivity contribution in [2.24, 2.45) is 0 Å². The van der Waals surface area contributed by atoms with Crippen LogP contribution in [0.5, 0.6) is 5.75 Å². The quantitative estimate of drug-likeness (QED) is 0.784. The summed E-state index contributed by atoms with van der Waals surface area (Å²) in [6, 6.07) is 5.55. The molecule has 96 valence electrons. The van der Waals surface area contributed by atoms with E-state index >= 15 is 0 Å². The van der Waals surface area contributed by atoms with Gasteiger partial charge in [0.25, 0.3) is 5.91 Å². The Balaban J connectivity index is 2.01. The molecule has 0 aromatic heterocycles. The van der Waals surface area contributed by atoms with Gasteiger partial charge in [-0.2, -0.15) is 0 Å². The summed E-state index contributed by atoms with van der Waals surface area (Å²) in [5.74, 6) is 0.357. The maximum Gasteiger partial charge on any atom is 0.260 e. The second-order valence-corrected chi connectivity index (χ2v) is 5.15. The topological polar surface area (TPSA) is 46.6 Å². The number of hydrogen-bond donors (Lipinski definition) is 0. The first-order chi connectivity index (χ1) is 8.63. The number of carbonyl (C=O) groups excluding carboxylic acids is 2. The lowest BCUT2D eigenvalue weighted by molar-refractivity contribution is -0.132. The summed E-state index contributed by atoms with van der Waals surface area (Å²) in [7, 11) is 1.78. The molecule has 4 nitrogen and oxygen atoms in total. The van der Waals surface area contributed by atoms with E-state index in [9.17, 15) is 9.59 Å². The first kappa shape index (κ1) is 13.1. The van der Waals surface area contributed by atoms with Crippen molar-refractivity contribution in [3.05, 3.63) is 28.2 Å². The van der Waals surface area contributed by atoms with Gasteiger partial charge in [0.1, 0.15) is 5.75 Å². The zero-order chi connectivity index (χ0) is 13.1. The molecule has 0 heterocycles. The van der Waals surface area contributed by atoms with Crippen molar-refractivity contribution >= 4 is 28.1 Å². The maximum atomic E-state index is 11.8. The number of para-hydroxylation sites is 1.